The number of carbonyl (C=O) groups excluding carboxylic acids is 3. The number of rotatable bonds is 6. The molecule has 176 valence electrons. The van der Waals surface area contributed by atoms with Gasteiger partial charge in [-0.2, -0.15) is 0 Å². The number of imidazole rings is 1. The maximum atomic E-state index is 13.7. The number of hydrogen-bond acceptors (Lipinski definition) is 6. The van der Waals surface area contributed by atoms with Crippen LogP contribution in [0.3, 0.4) is 0 Å². The van der Waals surface area contributed by atoms with Crippen LogP contribution in [0.25, 0.3) is 0 Å². The summed E-state index contributed by atoms with van der Waals surface area (Å²) >= 11 is 0. The lowest BCUT2D eigenvalue weighted by Crippen LogP contribution is -2.64. The first-order chi connectivity index (χ1) is 16.3. The van der Waals surface area contributed by atoms with Gasteiger partial charge in [0.1, 0.15) is 22.8 Å². The molecule has 0 aliphatic carbocycles. The van der Waals surface area contributed by atoms with Crippen LogP contribution in [0, 0.1) is 5.82 Å². The van der Waals surface area contributed by atoms with Crippen molar-refractivity contribution in [1.29, 1.82) is 0 Å². The van der Waals surface area contributed by atoms with Crippen molar-refractivity contribution in [1.82, 2.24) is 14.9 Å². The highest BCUT2D eigenvalue weighted by Gasteiger charge is 2.49. The number of amides is 2. The fourth-order valence-corrected chi connectivity index (χ4v) is 4.09. The molecule has 10 heteroatoms. The maximum Gasteiger partial charge on any atom is 0.359 e. The molecule has 0 saturated carbocycles. The van der Waals surface area contributed by atoms with E-state index < -0.39 is 29.1 Å². The van der Waals surface area contributed by atoms with Crippen LogP contribution in [0.1, 0.15) is 33.5 Å². The van der Waals surface area contributed by atoms with Gasteiger partial charge in [-0.25, -0.2) is 14.2 Å². The normalized spacial score (nSPS) is 17.2. The van der Waals surface area contributed by atoms with Gasteiger partial charge in [0.05, 0.1) is 27.1 Å². The fourth-order valence-electron chi connectivity index (χ4n) is 4.09. The number of ether oxygens (including phenoxy) is 2. The highest BCUT2D eigenvalue weighted by molar-refractivity contribution is 6.15. The van der Waals surface area contributed by atoms with E-state index in [1.807, 2.05) is 18.2 Å². The molecule has 2 aromatic carbocycles. The van der Waals surface area contributed by atoms with E-state index in [-0.39, 0.29) is 24.5 Å². The van der Waals surface area contributed by atoms with E-state index >= 15 is 0 Å². The summed E-state index contributed by atoms with van der Waals surface area (Å²) in [6.07, 6.45) is 1.33. The minimum Gasteiger partial charge on any atom is -0.496 e. The largest absolute Gasteiger partial charge is 0.496 e. The van der Waals surface area contributed by atoms with Crippen molar-refractivity contribution in [2.24, 2.45) is 0 Å². The van der Waals surface area contributed by atoms with E-state index in [1.165, 1.54) is 54.3 Å². The van der Waals surface area contributed by atoms with E-state index in [1.54, 1.807) is 13.0 Å². The van der Waals surface area contributed by atoms with Crippen molar-refractivity contribution >= 4 is 23.5 Å². The third-order valence-electron chi connectivity index (χ3n) is 5.80. The van der Waals surface area contributed by atoms with Crippen LogP contribution in [0.2, 0.25) is 0 Å². The minimum absolute atomic E-state index is 0.00714. The Morgan fingerprint density at radius 3 is 2.53 bits per heavy atom. The molecule has 0 radical (unpaired) electrons. The number of aromatic nitrogens is 2. The van der Waals surface area contributed by atoms with Crippen molar-refractivity contribution in [3.63, 3.8) is 0 Å². The number of methoxy groups -OCH3 is 2. The summed E-state index contributed by atoms with van der Waals surface area (Å²) in [5.74, 6) is -1.73. The molecule has 0 fully saturated rings. The van der Waals surface area contributed by atoms with Crippen molar-refractivity contribution in [3.05, 3.63) is 77.6 Å². The summed E-state index contributed by atoms with van der Waals surface area (Å²) in [6, 6.07) is 12.5. The zero-order valence-corrected chi connectivity index (χ0v) is 18.9. The van der Waals surface area contributed by atoms with Gasteiger partial charge < -0.3 is 19.4 Å². The Bertz CT molecular complexity index is 1260. The van der Waals surface area contributed by atoms with Crippen LogP contribution in [-0.2, 0) is 22.6 Å². The second-order valence-electron chi connectivity index (χ2n) is 7.95. The molecule has 1 aromatic heterocycles. The number of hydrogen-bond donors (Lipinski definition) is 1. The number of nitrogens with one attached hydrogen (secondary N) is 1. The number of anilines is 1. The van der Waals surface area contributed by atoms with Crippen LogP contribution in [0.15, 0.2) is 54.9 Å². The average molecular weight is 466 g/mol. The summed E-state index contributed by atoms with van der Waals surface area (Å²) in [5.41, 5.74) is -0.529. The Morgan fingerprint density at radius 1 is 1.15 bits per heavy atom. The first kappa shape index (κ1) is 23.0. The fraction of sp³-hybridized carbons (Fsp3) is 0.250. The lowest BCUT2D eigenvalue weighted by Gasteiger charge is -2.43. The van der Waals surface area contributed by atoms with E-state index in [0.717, 1.165) is 5.56 Å². The molecule has 1 aliphatic heterocycles. The number of esters is 1. The molecule has 34 heavy (non-hydrogen) atoms. The maximum absolute atomic E-state index is 13.7. The average Bonchev–Trinajstić information content (AvgIpc) is 3.27. The van der Waals surface area contributed by atoms with E-state index in [2.05, 4.69) is 10.3 Å². The second-order valence-corrected chi connectivity index (χ2v) is 7.95. The van der Waals surface area contributed by atoms with Crippen LogP contribution < -0.4 is 15.0 Å². The van der Waals surface area contributed by atoms with Gasteiger partial charge in [0.15, 0.2) is 5.69 Å². The Labute approximate surface area is 195 Å². The monoisotopic (exact) mass is 466 g/mol. The van der Waals surface area contributed by atoms with Crippen LogP contribution in [-0.4, -0.2) is 47.1 Å². The Balaban J connectivity index is 1.74. The molecular formula is C24H23FN4O5. The van der Waals surface area contributed by atoms with Gasteiger partial charge in [0.2, 0.25) is 5.91 Å². The molecule has 2 heterocycles. The molecule has 9 nitrogen and oxygen atoms in total. The van der Waals surface area contributed by atoms with Crippen LogP contribution >= 0.6 is 0 Å². The highest BCUT2D eigenvalue weighted by atomic mass is 19.1. The lowest BCUT2D eigenvalue weighted by molar-refractivity contribution is -0.126. The number of benzene rings is 2. The van der Waals surface area contributed by atoms with Gasteiger partial charge >= 0.3 is 5.97 Å². The summed E-state index contributed by atoms with van der Waals surface area (Å²) in [4.78, 5) is 44.7. The van der Waals surface area contributed by atoms with E-state index in [9.17, 15) is 18.8 Å². The molecule has 3 aromatic rings. The van der Waals surface area contributed by atoms with E-state index in [4.69, 9.17) is 9.47 Å². The molecule has 1 N–H and O–H groups in total. The smallest absolute Gasteiger partial charge is 0.359 e. The number of nitrogens with zero attached hydrogens (tertiary/aromatic N) is 3. The first-order valence-electron chi connectivity index (χ1n) is 10.4. The van der Waals surface area contributed by atoms with Gasteiger partial charge in [-0.15, -0.1) is 0 Å². The predicted octanol–water partition coefficient (Wildman–Crippen LogP) is 2.55. The van der Waals surface area contributed by atoms with Gasteiger partial charge in [-0.3, -0.25) is 14.5 Å². The summed E-state index contributed by atoms with van der Waals surface area (Å²) in [6.45, 7) is 1.77. The SMILES string of the molecule is COC(=O)c1ncn2c1C(=O)N(c1ccc(F)cc1)C(C)(C(=O)NCc1ccccc1OC)C2. The van der Waals surface area contributed by atoms with Gasteiger partial charge in [-0.05, 0) is 37.3 Å². The van der Waals surface area contributed by atoms with Gasteiger partial charge in [0, 0.05) is 17.8 Å². The highest BCUT2D eigenvalue weighted by Crippen LogP contribution is 2.34. The third-order valence-corrected chi connectivity index (χ3v) is 5.80. The molecule has 0 bridgehead atoms. The third kappa shape index (κ3) is 3.87. The standard InChI is InChI=1S/C24H23FN4O5/c1-24(23(32)26-12-15-6-4-5-7-18(15)33-2)13-28-14-27-19(22(31)34-3)20(28)21(30)29(24)17-10-8-16(25)9-11-17/h4-11,14H,12-13H2,1-3H3,(H,26,32). The zero-order valence-electron chi connectivity index (χ0n) is 18.9. The zero-order chi connectivity index (χ0) is 24.5. The first-order valence-corrected chi connectivity index (χ1v) is 10.4. The molecule has 1 atom stereocenters. The molecule has 4 rings (SSSR count). The molecular weight excluding hydrogens is 443 g/mol. The van der Waals surface area contributed by atoms with Crippen molar-refractivity contribution < 1.29 is 28.2 Å². The molecule has 0 saturated heterocycles. The lowest BCUT2D eigenvalue weighted by atomic mass is 9.93. The summed E-state index contributed by atoms with van der Waals surface area (Å²) < 4.78 is 25.2. The predicted molar refractivity (Wildman–Crippen MR) is 120 cm³/mol. The molecule has 1 aliphatic rings. The quantitative estimate of drug-likeness (QED) is 0.560. The Kier molecular flexibility index (Phi) is 6.06. The van der Waals surface area contributed by atoms with Gasteiger partial charge in [-0.1, -0.05) is 18.2 Å². The Morgan fingerprint density at radius 2 is 1.85 bits per heavy atom. The van der Waals surface area contributed by atoms with Crippen molar-refractivity contribution in [2.45, 2.75) is 25.6 Å². The number of fused-ring (bicyclic) bond motifs is 1. The summed E-state index contributed by atoms with van der Waals surface area (Å²) in [7, 11) is 2.73. The number of para-hydroxylation sites is 1. The number of carbonyl (C=O) groups is 3. The van der Waals surface area contributed by atoms with Crippen molar-refractivity contribution in [2.75, 3.05) is 19.1 Å². The van der Waals surface area contributed by atoms with Gasteiger partial charge in [0.25, 0.3) is 5.91 Å². The molecule has 0 spiro atoms. The molecule has 1 unspecified atom stereocenters. The minimum atomic E-state index is -1.42. The van der Waals surface area contributed by atoms with Crippen LogP contribution in [0.4, 0.5) is 10.1 Å². The topological polar surface area (TPSA) is 103 Å². The van der Waals surface area contributed by atoms with Crippen molar-refractivity contribution in [3.8, 4) is 5.75 Å². The summed E-state index contributed by atoms with van der Waals surface area (Å²) in [5, 5.41) is 2.87. The molecule has 2 amide bonds. The van der Waals surface area contributed by atoms with Crippen LogP contribution in [0.5, 0.6) is 5.75 Å². The number of halogens is 1. The Hall–Kier alpha value is -4.21. The van der Waals surface area contributed by atoms with E-state index in [0.29, 0.717) is 11.4 Å². The second kappa shape index (κ2) is 8.97.